The van der Waals surface area contributed by atoms with Crippen molar-refractivity contribution in [3.63, 3.8) is 0 Å². The molecule has 8 aromatic rings. The van der Waals surface area contributed by atoms with Crippen molar-refractivity contribution in [1.82, 2.24) is 0 Å². The van der Waals surface area contributed by atoms with Crippen molar-refractivity contribution in [2.45, 2.75) is 196 Å². The van der Waals surface area contributed by atoms with Gasteiger partial charge in [0.1, 0.15) is 0 Å². The standard InChI is InChI=1S/C70H104B2Si10/c1-73(2,3)47-37-53-51-33-31-45-36-56-66-52(54-38-48(74(4,5)6)40-58(78(16,17)18)68(54)72(56)70-61(81(25,26)27)43-50(76(10,11)12)44-62(70)82(28,29)30)34-32-46-35-55(65(51)63(45)64(46)66)71(67(53)57(39-47)77(13,14)15)69-59(79(19,20)21)41-49(75(7,8)9)42-60(69)80(22,23)24/h31-44H,1-30H3. The van der Waals surface area contributed by atoms with Crippen LogP contribution in [-0.2, 0) is 0 Å². The molecule has 12 heteroatoms. The predicted molar refractivity (Wildman–Crippen MR) is 413 cm³/mol. The van der Waals surface area contributed by atoms with Crippen molar-refractivity contribution >= 4 is 211 Å². The van der Waals surface area contributed by atoms with E-state index in [1.54, 1.807) is 107 Å². The van der Waals surface area contributed by atoms with Crippen LogP contribution in [0, 0.1) is 0 Å². The molecule has 0 atom stereocenters. The van der Waals surface area contributed by atoms with Crippen molar-refractivity contribution in [2.75, 3.05) is 0 Å². The Kier molecular flexibility index (Phi) is 14.6. The molecule has 430 valence electrons. The lowest BCUT2D eigenvalue weighted by Gasteiger charge is -2.41. The molecule has 0 N–H and O–H groups in total. The molecule has 82 heavy (non-hydrogen) atoms. The van der Waals surface area contributed by atoms with Crippen LogP contribution in [0.25, 0.3) is 54.6 Å². The minimum atomic E-state index is -1.95. The Bertz CT molecular complexity index is 3640. The highest BCUT2D eigenvalue weighted by atomic mass is 28.3. The van der Waals surface area contributed by atoms with E-state index in [4.69, 9.17) is 0 Å². The maximum absolute atomic E-state index is 2.82. The largest absolute Gasteiger partial charge is 0.242 e. The van der Waals surface area contributed by atoms with Crippen molar-refractivity contribution in [2.24, 2.45) is 0 Å². The molecule has 10 rings (SSSR count). The summed E-state index contributed by atoms with van der Waals surface area (Å²) in [5, 5.41) is 25.8. The van der Waals surface area contributed by atoms with Crippen molar-refractivity contribution in [3.8, 4) is 22.3 Å². The van der Waals surface area contributed by atoms with Crippen LogP contribution in [0.3, 0.4) is 0 Å². The first-order valence-electron chi connectivity index (χ1n) is 31.6. The van der Waals surface area contributed by atoms with Gasteiger partial charge in [-0.15, -0.1) is 0 Å². The molecule has 0 nitrogen and oxygen atoms in total. The van der Waals surface area contributed by atoms with E-state index < -0.39 is 80.7 Å². The zero-order valence-corrected chi connectivity index (χ0v) is 67.2. The van der Waals surface area contributed by atoms with Gasteiger partial charge in [0, 0.05) is 0 Å². The monoisotopic (exact) mass is 1250 g/mol. The average molecular weight is 1250 g/mol. The van der Waals surface area contributed by atoms with E-state index in [1.807, 2.05) is 0 Å². The van der Waals surface area contributed by atoms with Crippen LogP contribution in [0.15, 0.2) is 84.9 Å². The summed E-state index contributed by atoms with van der Waals surface area (Å²) in [6.45, 7) is 79.3. The summed E-state index contributed by atoms with van der Waals surface area (Å²) in [7, 11) is -18.6. The maximum Gasteiger partial charge on any atom is 0.242 e. The Morgan fingerprint density at radius 1 is 0.207 bits per heavy atom. The number of hydrogen-bond donors (Lipinski definition) is 0. The Labute approximate surface area is 510 Å². The Morgan fingerprint density at radius 2 is 0.427 bits per heavy atom. The third-order valence-corrected chi connectivity index (χ3v) is 39.6. The fourth-order valence-corrected chi connectivity index (χ4v) is 30.5. The summed E-state index contributed by atoms with van der Waals surface area (Å²) in [6, 6.07) is 38.5. The van der Waals surface area contributed by atoms with Gasteiger partial charge in [0.2, 0.25) is 13.4 Å². The lowest BCUT2D eigenvalue weighted by Crippen LogP contribution is -2.75. The molecule has 0 unspecified atom stereocenters. The van der Waals surface area contributed by atoms with Crippen molar-refractivity contribution in [1.29, 1.82) is 0 Å². The van der Waals surface area contributed by atoms with Gasteiger partial charge in [-0.25, -0.2) is 0 Å². The predicted octanol–water partition coefficient (Wildman–Crippen LogP) is 11.0. The zero-order valence-electron chi connectivity index (χ0n) is 57.2. The molecule has 0 saturated carbocycles. The third kappa shape index (κ3) is 10.4. The lowest BCUT2D eigenvalue weighted by atomic mass is 9.32. The van der Waals surface area contributed by atoms with Crippen LogP contribution in [-0.4, -0.2) is 94.2 Å². The average Bonchev–Trinajstić information content (AvgIpc) is 0.958. The first-order chi connectivity index (χ1) is 37.0. The first-order valence-corrected chi connectivity index (χ1v) is 66.6. The highest BCUT2D eigenvalue weighted by Crippen LogP contribution is 2.44. The molecule has 2 aliphatic heterocycles. The Balaban J connectivity index is 1.49. The molecule has 0 aliphatic carbocycles. The topological polar surface area (TPSA) is 0 Å². The van der Waals surface area contributed by atoms with E-state index >= 15 is 0 Å². The number of rotatable bonds is 12. The van der Waals surface area contributed by atoms with Gasteiger partial charge >= 0.3 is 0 Å². The minimum absolute atomic E-state index is 0.149. The maximum atomic E-state index is 2.82. The van der Waals surface area contributed by atoms with Gasteiger partial charge in [-0.1, -0.05) is 366 Å². The van der Waals surface area contributed by atoms with Crippen molar-refractivity contribution in [3.05, 3.63) is 84.9 Å². The van der Waals surface area contributed by atoms with Gasteiger partial charge in [0.05, 0.1) is 80.7 Å². The van der Waals surface area contributed by atoms with Crippen LogP contribution in [0.5, 0.6) is 0 Å². The van der Waals surface area contributed by atoms with Crippen LogP contribution in [0.2, 0.25) is 196 Å². The van der Waals surface area contributed by atoms with E-state index in [-0.39, 0.29) is 13.4 Å². The smallest absolute Gasteiger partial charge is 0.0701 e. The van der Waals surface area contributed by atoms with Gasteiger partial charge in [-0.2, -0.15) is 0 Å². The number of hydrogen-bond acceptors (Lipinski definition) is 0. The van der Waals surface area contributed by atoms with Gasteiger partial charge in [0.15, 0.2) is 0 Å². The molecule has 2 heterocycles. The van der Waals surface area contributed by atoms with Crippen LogP contribution < -0.4 is 84.6 Å². The molecule has 0 saturated heterocycles. The van der Waals surface area contributed by atoms with Crippen LogP contribution >= 0.6 is 0 Å². The second kappa shape index (κ2) is 19.3. The van der Waals surface area contributed by atoms with Gasteiger partial charge in [-0.3, -0.25) is 0 Å². The molecule has 0 spiro atoms. The Hall–Kier alpha value is -2.90. The highest BCUT2D eigenvalue weighted by Gasteiger charge is 2.47. The summed E-state index contributed by atoms with van der Waals surface area (Å²) in [5.41, 5.74) is 15.9. The first kappa shape index (κ1) is 62.2. The van der Waals surface area contributed by atoms with Crippen LogP contribution in [0.4, 0.5) is 0 Å². The molecule has 0 amide bonds. The SMILES string of the molecule is C[Si](C)(C)c1cc2c(c([Si](C)(C)C)c1)B(c1c([Si](C)(C)C)cc([Si](C)(C)C)cc1[Si](C)(C)C)c1cc3ccc4c5c(cc6ccc-2c1c6c35)B(c1c([Si](C)(C)C)cc([Si](C)(C)C)cc1[Si](C)(C)C)c1c-4cc([Si](C)(C)C)cc1[Si](C)(C)C. The van der Waals surface area contributed by atoms with Gasteiger partial charge < -0.3 is 0 Å². The van der Waals surface area contributed by atoms with E-state index in [2.05, 4.69) is 281 Å². The van der Waals surface area contributed by atoms with E-state index in [1.165, 1.54) is 32.7 Å². The molecule has 8 aromatic carbocycles. The quantitative estimate of drug-likeness (QED) is 0.0845. The summed E-state index contributed by atoms with van der Waals surface area (Å²) >= 11 is 0. The fraction of sp³-hybridized carbons (Fsp3) is 0.429. The lowest BCUT2D eigenvalue weighted by molar-refractivity contribution is 1.64. The molecular formula is C70H104B2Si10. The van der Waals surface area contributed by atoms with E-state index in [0.717, 1.165) is 0 Å². The summed E-state index contributed by atoms with van der Waals surface area (Å²) in [5.74, 6) is 0. The molecule has 0 bridgehead atoms. The summed E-state index contributed by atoms with van der Waals surface area (Å²) in [6.07, 6.45) is 0. The van der Waals surface area contributed by atoms with Crippen LogP contribution in [0.1, 0.15) is 0 Å². The number of benzene rings is 8. The number of fused-ring (bicyclic) bond motifs is 4. The van der Waals surface area contributed by atoms with Crippen molar-refractivity contribution < 1.29 is 0 Å². The molecule has 0 fully saturated rings. The minimum Gasteiger partial charge on any atom is -0.0701 e. The second-order valence-corrected chi connectivity index (χ2v) is 87.0. The normalized spacial score (nSPS) is 14.9. The highest BCUT2D eigenvalue weighted by molar-refractivity contribution is 7.13. The van der Waals surface area contributed by atoms with Gasteiger partial charge in [0.25, 0.3) is 0 Å². The van der Waals surface area contributed by atoms with Gasteiger partial charge in [-0.05, 0) is 54.6 Å². The fourth-order valence-electron chi connectivity index (χ4n) is 14.7. The molecule has 0 radical (unpaired) electrons. The van der Waals surface area contributed by atoms with E-state index in [9.17, 15) is 0 Å². The third-order valence-electron chi connectivity index (χ3n) is 19.3. The summed E-state index contributed by atoms with van der Waals surface area (Å²) < 4.78 is 0. The zero-order chi connectivity index (χ0) is 61.1. The second-order valence-electron chi connectivity index (χ2n) is 36.4. The summed E-state index contributed by atoms with van der Waals surface area (Å²) in [4.78, 5) is 0. The molecular weight excluding hydrogens is 1140 g/mol. The van der Waals surface area contributed by atoms with E-state index in [0.29, 0.717) is 0 Å². The molecule has 2 aliphatic rings. The molecule has 0 aromatic heterocycles. The Morgan fingerprint density at radius 3 is 0.646 bits per heavy atom.